The Morgan fingerprint density at radius 3 is 2.57 bits per heavy atom. The maximum absolute atomic E-state index is 4.32. The van der Waals surface area contributed by atoms with Gasteiger partial charge in [0.05, 0.1) is 0 Å². The van der Waals surface area contributed by atoms with Gasteiger partial charge in [0.2, 0.25) is 0 Å². The van der Waals surface area contributed by atoms with Crippen LogP contribution in [-0.2, 0) is 12.8 Å². The van der Waals surface area contributed by atoms with Gasteiger partial charge in [0.15, 0.2) is 0 Å². The van der Waals surface area contributed by atoms with Gasteiger partial charge in [-0.2, -0.15) is 0 Å². The second-order valence-corrected chi connectivity index (χ2v) is 6.82. The van der Waals surface area contributed by atoms with E-state index in [1.54, 1.807) is 11.3 Å². The zero-order chi connectivity index (χ0) is 15.1. The predicted molar refractivity (Wildman–Crippen MR) is 90.8 cm³/mol. The van der Waals surface area contributed by atoms with Crippen LogP contribution in [0.1, 0.15) is 37.8 Å². The van der Waals surface area contributed by atoms with Crippen LogP contribution in [0.3, 0.4) is 0 Å². The predicted octanol–water partition coefficient (Wildman–Crippen LogP) is 3.95. The minimum absolute atomic E-state index is 0.712. The topological polar surface area (TPSA) is 37.8 Å². The van der Waals surface area contributed by atoms with E-state index < -0.39 is 0 Å². The molecule has 0 saturated heterocycles. The second-order valence-electron chi connectivity index (χ2n) is 5.75. The summed E-state index contributed by atoms with van der Waals surface area (Å²) in [5.74, 6) is 0.712. The molecule has 0 spiro atoms. The lowest BCUT2D eigenvalue weighted by Crippen LogP contribution is -2.21. The Morgan fingerprint density at radius 1 is 1.14 bits per heavy atom. The first-order chi connectivity index (χ1) is 10.2. The summed E-state index contributed by atoms with van der Waals surface area (Å²) >= 11 is 1.71. The van der Waals surface area contributed by atoms with Crippen molar-refractivity contribution in [2.75, 3.05) is 13.1 Å². The van der Waals surface area contributed by atoms with E-state index in [1.807, 2.05) is 0 Å². The van der Waals surface area contributed by atoms with Crippen LogP contribution < -0.4 is 5.32 Å². The molecule has 0 atom stereocenters. The zero-order valence-electron chi connectivity index (χ0n) is 13.2. The van der Waals surface area contributed by atoms with Gasteiger partial charge in [-0.15, -0.1) is 10.2 Å². The van der Waals surface area contributed by atoms with Gasteiger partial charge in [0.1, 0.15) is 10.0 Å². The number of nitrogens with zero attached hydrogens (tertiary/aromatic N) is 2. The fraction of sp³-hybridized carbons (Fsp3) is 0.529. The average Bonchev–Trinajstić information content (AvgIpc) is 2.95. The van der Waals surface area contributed by atoms with Gasteiger partial charge in [-0.05, 0) is 37.4 Å². The Kier molecular flexibility index (Phi) is 6.33. The van der Waals surface area contributed by atoms with Crippen LogP contribution in [-0.4, -0.2) is 23.3 Å². The molecule has 0 bridgehead atoms. The van der Waals surface area contributed by atoms with E-state index in [0.717, 1.165) is 42.4 Å². The van der Waals surface area contributed by atoms with E-state index in [4.69, 9.17) is 0 Å². The van der Waals surface area contributed by atoms with E-state index in [2.05, 4.69) is 60.6 Å². The third-order valence-electron chi connectivity index (χ3n) is 3.37. The van der Waals surface area contributed by atoms with Gasteiger partial charge in [0, 0.05) is 12.0 Å². The fourth-order valence-electron chi connectivity index (χ4n) is 2.11. The van der Waals surface area contributed by atoms with E-state index in [1.165, 1.54) is 11.1 Å². The van der Waals surface area contributed by atoms with Crippen molar-refractivity contribution in [3.05, 3.63) is 34.8 Å². The summed E-state index contributed by atoms with van der Waals surface area (Å²) in [7, 11) is 0. The molecule has 1 aromatic carbocycles. The average molecular weight is 303 g/mol. The number of rotatable bonds is 8. The third kappa shape index (κ3) is 5.21. The fourth-order valence-corrected chi connectivity index (χ4v) is 3.00. The summed E-state index contributed by atoms with van der Waals surface area (Å²) in [6.45, 7) is 8.77. The Hall–Kier alpha value is -1.26. The van der Waals surface area contributed by atoms with Crippen molar-refractivity contribution in [1.82, 2.24) is 15.5 Å². The number of hydrogen-bond donors (Lipinski definition) is 1. The molecule has 0 aliphatic carbocycles. The highest BCUT2D eigenvalue weighted by Crippen LogP contribution is 2.24. The van der Waals surface area contributed by atoms with Gasteiger partial charge in [0.25, 0.3) is 0 Å². The zero-order valence-corrected chi connectivity index (χ0v) is 14.0. The van der Waals surface area contributed by atoms with Crippen LogP contribution in [0.2, 0.25) is 0 Å². The van der Waals surface area contributed by atoms with Crippen molar-refractivity contribution in [3.63, 3.8) is 0 Å². The highest BCUT2D eigenvalue weighted by molar-refractivity contribution is 7.14. The largest absolute Gasteiger partial charge is 0.316 e. The minimum Gasteiger partial charge on any atom is -0.316 e. The molecule has 0 aliphatic heterocycles. The molecule has 0 aliphatic rings. The molecule has 0 amide bonds. The summed E-state index contributed by atoms with van der Waals surface area (Å²) in [5, 5.41) is 14.3. The van der Waals surface area contributed by atoms with Crippen LogP contribution >= 0.6 is 11.3 Å². The standard InChI is InChI=1S/C17H25N3S/c1-4-14-7-9-15(10-8-14)17-20-19-16(21-17)6-5-11-18-12-13(2)3/h7-10,13,18H,4-6,11-12H2,1-3H3. The lowest BCUT2D eigenvalue weighted by Gasteiger charge is -2.05. The molecular formula is C17H25N3S. The van der Waals surface area contributed by atoms with Crippen LogP contribution in [0.25, 0.3) is 10.6 Å². The molecule has 2 rings (SSSR count). The van der Waals surface area contributed by atoms with Crippen LogP contribution in [0.15, 0.2) is 24.3 Å². The number of aromatic nitrogens is 2. The van der Waals surface area contributed by atoms with Gasteiger partial charge in [-0.25, -0.2) is 0 Å². The lowest BCUT2D eigenvalue weighted by atomic mass is 10.1. The smallest absolute Gasteiger partial charge is 0.147 e. The highest BCUT2D eigenvalue weighted by Gasteiger charge is 2.06. The van der Waals surface area contributed by atoms with Crippen LogP contribution in [0, 0.1) is 5.92 Å². The first-order valence-electron chi connectivity index (χ1n) is 7.81. The molecule has 1 heterocycles. The molecule has 0 fully saturated rings. The number of benzene rings is 1. The third-order valence-corrected chi connectivity index (χ3v) is 4.40. The van der Waals surface area contributed by atoms with Crippen LogP contribution in [0.4, 0.5) is 0 Å². The van der Waals surface area contributed by atoms with E-state index >= 15 is 0 Å². The van der Waals surface area contributed by atoms with Crippen molar-refractivity contribution in [1.29, 1.82) is 0 Å². The summed E-state index contributed by atoms with van der Waals surface area (Å²) in [6.07, 6.45) is 3.21. The van der Waals surface area contributed by atoms with Crippen molar-refractivity contribution in [3.8, 4) is 10.6 Å². The van der Waals surface area contributed by atoms with Gasteiger partial charge in [-0.3, -0.25) is 0 Å². The Balaban J connectivity index is 1.83. The van der Waals surface area contributed by atoms with E-state index in [9.17, 15) is 0 Å². The SMILES string of the molecule is CCc1ccc(-c2nnc(CCCNCC(C)C)s2)cc1. The Morgan fingerprint density at radius 2 is 1.90 bits per heavy atom. The molecule has 4 heteroatoms. The quantitative estimate of drug-likeness (QED) is 0.750. The van der Waals surface area contributed by atoms with Crippen LogP contribution in [0.5, 0.6) is 0 Å². The molecule has 114 valence electrons. The van der Waals surface area contributed by atoms with E-state index in [0.29, 0.717) is 5.92 Å². The highest BCUT2D eigenvalue weighted by atomic mass is 32.1. The number of aryl methyl sites for hydroxylation is 2. The molecule has 1 N–H and O–H groups in total. The maximum Gasteiger partial charge on any atom is 0.147 e. The van der Waals surface area contributed by atoms with Crippen molar-refractivity contribution < 1.29 is 0 Å². The van der Waals surface area contributed by atoms with Crippen molar-refractivity contribution >= 4 is 11.3 Å². The first-order valence-corrected chi connectivity index (χ1v) is 8.63. The Labute approximate surface area is 131 Å². The monoisotopic (exact) mass is 303 g/mol. The molecule has 21 heavy (non-hydrogen) atoms. The molecule has 0 unspecified atom stereocenters. The summed E-state index contributed by atoms with van der Waals surface area (Å²) < 4.78 is 0. The van der Waals surface area contributed by atoms with Gasteiger partial charge < -0.3 is 5.32 Å². The number of nitrogens with one attached hydrogen (secondary N) is 1. The van der Waals surface area contributed by atoms with Crippen molar-refractivity contribution in [2.45, 2.75) is 40.0 Å². The summed E-state index contributed by atoms with van der Waals surface area (Å²) in [4.78, 5) is 0. The first kappa shape index (κ1) is 16.1. The maximum atomic E-state index is 4.32. The normalized spacial score (nSPS) is 11.2. The molecule has 1 aromatic heterocycles. The molecule has 0 saturated carbocycles. The molecular weight excluding hydrogens is 278 g/mol. The molecule has 0 radical (unpaired) electrons. The molecule has 2 aromatic rings. The van der Waals surface area contributed by atoms with Crippen molar-refractivity contribution in [2.24, 2.45) is 5.92 Å². The lowest BCUT2D eigenvalue weighted by molar-refractivity contribution is 0.542. The number of hydrogen-bond acceptors (Lipinski definition) is 4. The van der Waals surface area contributed by atoms with Gasteiger partial charge >= 0.3 is 0 Å². The minimum atomic E-state index is 0.712. The van der Waals surface area contributed by atoms with Gasteiger partial charge in [-0.1, -0.05) is 56.4 Å². The van der Waals surface area contributed by atoms with E-state index in [-0.39, 0.29) is 0 Å². The summed E-state index contributed by atoms with van der Waals surface area (Å²) in [5.41, 5.74) is 2.54. The Bertz CT molecular complexity index is 531. The summed E-state index contributed by atoms with van der Waals surface area (Å²) in [6, 6.07) is 8.64. The molecule has 3 nitrogen and oxygen atoms in total. The second kappa shape index (κ2) is 8.25.